The largest absolute Gasteiger partial charge is 0.461 e. The Morgan fingerprint density at radius 3 is 2.86 bits per heavy atom. The maximum absolute atomic E-state index is 12.4. The Hall–Kier alpha value is -2.54. The summed E-state index contributed by atoms with van der Waals surface area (Å²) in [5.74, 6) is 1.58. The monoisotopic (exact) mass is 396 g/mol. The van der Waals surface area contributed by atoms with E-state index in [1.165, 1.54) is 42.2 Å². The van der Waals surface area contributed by atoms with Crippen molar-refractivity contribution in [3.63, 3.8) is 0 Å². The molecule has 0 saturated heterocycles. The van der Waals surface area contributed by atoms with Crippen LogP contribution < -0.4 is 5.32 Å². The molecule has 0 aliphatic heterocycles. The summed E-state index contributed by atoms with van der Waals surface area (Å²) in [5, 5.41) is 12.1. The first-order valence-corrected chi connectivity index (χ1v) is 10.6. The number of nitrogens with one attached hydrogen (secondary N) is 1. The van der Waals surface area contributed by atoms with Crippen molar-refractivity contribution in [3.05, 3.63) is 53.3 Å². The Labute approximate surface area is 168 Å². The molecule has 1 atom stereocenters. The number of carbonyl (C=O) groups is 1. The lowest BCUT2D eigenvalue weighted by molar-refractivity contribution is -0.119. The van der Waals surface area contributed by atoms with E-state index in [4.69, 9.17) is 4.42 Å². The third-order valence-electron chi connectivity index (χ3n) is 5.16. The van der Waals surface area contributed by atoms with E-state index in [9.17, 15) is 4.79 Å². The zero-order valence-corrected chi connectivity index (χ0v) is 17.0. The Kier molecular flexibility index (Phi) is 5.52. The molecule has 2 aromatic heterocycles. The second-order valence-electron chi connectivity index (χ2n) is 7.16. The summed E-state index contributed by atoms with van der Waals surface area (Å²) in [6, 6.07) is 10.2. The van der Waals surface area contributed by atoms with Gasteiger partial charge in [-0.05, 0) is 61.4 Å². The van der Waals surface area contributed by atoms with Crippen LogP contribution in [0.15, 0.2) is 46.2 Å². The number of thioether (sulfide) groups is 1. The Morgan fingerprint density at radius 1 is 1.25 bits per heavy atom. The molecular formula is C21H24N4O2S. The smallest absolute Gasteiger partial charge is 0.230 e. The van der Waals surface area contributed by atoms with Crippen LogP contribution in [-0.4, -0.2) is 26.4 Å². The first-order chi connectivity index (χ1) is 13.6. The van der Waals surface area contributed by atoms with Crippen LogP contribution in [-0.2, 0) is 24.7 Å². The molecule has 0 saturated carbocycles. The number of amides is 1. The number of rotatable bonds is 6. The molecule has 0 radical (unpaired) electrons. The van der Waals surface area contributed by atoms with E-state index in [2.05, 4.69) is 33.7 Å². The Bertz CT molecular complexity index is 965. The molecule has 0 spiro atoms. The van der Waals surface area contributed by atoms with Crippen molar-refractivity contribution < 1.29 is 9.21 Å². The van der Waals surface area contributed by atoms with Crippen molar-refractivity contribution >= 4 is 17.7 Å². The molecular weight excluding hydrogens is 372 g/mol. The summed E-state index contributed by atoms with van der Waals surface area (Å²) in [4.78, 5) is 12.4. The van der Waals surface area contributed by atoms with E-state index in [-0.39, 0.29) is 11.9 Å². The molecule has 0 bridgehead atoms. The van der Waals surface area contributed by atoms with Crippen LogP contribution in [0.4, 0.5) is 0 Å². The van der Waals surface area contributed by atoms with Gasteiger partial charge >= 0.3 is 0 Å². The van der Waals surface area contributed by atoms with Gasteiger partial charge in [0.05, 0.1) is 18.1 Å². The van der Waals surface area contributed by atoms with Crippen LogP contribution in [0, 0.1) is 0 Å². The van der Waals surface area contributed by atoms with E-state index < -0.39 is 0 Å². The zero-order valence-electron chi connectivity index (χ0n) is 16.1. The van der Waals surface area contributed by atoms with Crippen LogP contribution in [0.2, 0.25) is 0 Å². The second kappa shape index (κ2) is 8.22. The van der Waals surface area contributed by atoms with Gasteiger partial charge in [-0.2, -0.15) is 0 Å². The van der Waals surface area contributed by atoms with Crippen molar-refractivity contribution in [2.45, 2.75) is 43.8 Å². The summed E-state index contributed by atoms with van der Waals surface area (Å²) in [6.07, 6.45) is 6.45. The molecule has 146 valence electrons. The number of furan rings is 1. The van der Waals surface area contributed by atoms with E-state index in [0.717, 1.165) is 12.0 Å². The van der Waals surface area contributed by atoms with Crippen molar-refractivity contribution in [2.75, 3.05) is 5.75 Å². The Balaban J connectivity index is 1.35. The lowest BCUT2D eigenvalue weighted by Crippen LogP contribution is -2.28. The van der Waals surface area contributed by atoms with Gasteiger partial charge in [-0.25, -0.2) is 0 Å². The first-order valence-electron chi connectivity index (χ1n) is 9.59. The van der Waals surface area contributed by atoms with Gasteiger partial charge in [-0.15, -0.1) is 10.2 Å². The van der Waals surface area contributed by atoms with E-state index in [0.29, 0.717) is 22.5 Å². The fourth-order valence-electron chi connectivity index (χ4n) is 3.58. The SMILES string of the molecule is C[C@H](NC(=O)CSc1nnc(-c2ccco2)n1C)c1ccc2c(c1)CCCC2. The number of hydrogen-bond donors (Lipinski definition) is 1. The van der Waals surface area contributed by atoms with Crippen LogP contribution in [0.25, 0.3) is 11.6 Å². The topological polar surface area (TPSA) is 73.0 Å². The molecule has 28 heavy (non-hydrogen) atoms. The second-order valence-corrected chi connectivity index (χ2v) is 8.10. The fourth-order valence-corrected chi connectivity index (χ4v) is 4.30. The molecule has 1 aliphatic rings. The van der Waals surface area contributed by atoms with Crippen molar-refractivity contribution in [1.82, 2.24) is 20.1 Å². The normalized spacial score (nSPS) is 14.5. The predicted octanol–water partition coefficient (Wildman–Crippen LogP) is 3.92. The molecule has 1 N–H and O–H groups in total. The summed E-state index contributed by atoms with van der Waals surface area (Å²) in [7, 11) is 1.87. The number of fused-ring (bicyclic) bond motifs is 1. The van der Waals surface area contributed by atoms with Crippen LogP contribution in [0.5, 0.6) is 0 Å². The van der Waals surface area contributed by atoms with Gasteiger partial charge in [-0.1, -0.05) is 30.0 Å². The van der Waals surface area contributed by atoms with E-state index in [1.807, 2.05) is 30.7 Å². The van der Waals surface area contributed by atoms with Crippen LogP contribution >= 0.6 is 11.8 Å². The maximum atomic E-state index is 12.4. The Morgan fingerprint density at radius 2 is 2.07 bits per heavy atom. The first kappa shape index (κ1) is 18.8. The number of aromatic nitrogens is 3. The predicted molar refractivity (Wildman–Crippen MR) is 109 cm³/mol. The standard InChI is InChI=1S/C21H24N4O2S/c1-14(16-10-9-15-6-3-4-7-17(15)12-16)22-19(26)13-28-21-24-23-20(25(21)2)18-8-5-11-27-18/h5,8-12,14H,3-4,6-7,13H2,1-2H3,(H,22,26)/t14-/m0/s1. The molecule has 6 nitrogen and oxygen atoms in total. The van der Waals surface area contributed by atoms with E-state index in [1.54, 1.807) is 6.26 Å². The number of nitrogens with zero attached hydrogens (tertiary/aromatic N) is 3. The van der Waals surface area contributed by atoms with Crippen LogP contribution in [0.3, 0.4) is 0 Å². The van der Waals surface area contributed by atoms with Gasteiger partial charge in [-0.3, -0.25) is 4.79 Å². The lowest BCUT2D eigenvalue weighted by Gasteiger charge is -2.20. The lowest BCUT2D eigenvalue weighted by atomic mass is 9.89. The minimum absolute atomic E-state index is 0.0153. The number of hydrogen-bond acceptors (Lipinski definition) is 5. The molecule has 0 unspecified atom stereocenters. The third-order valence-corrected chi connectivity index (χ3v) is 6.18. The molecule has 1 aromatic carbocycles. The number of aryl methyl sites for hydroxylation is 2. The molecule has 3 aromatic rings. The van der Waals surface area contributed by atoms with Crippen LogP contribution in [0.1, 0.15) is 42.5 Å². The van der Waals surface area contributed by atoms with Gasteiger partial charge in [0.25, 0.3) is 0 Å². The quantitative estimate of drug-likeness (QED) is 0.639. The highest BCUT2D eigenvalue weighted by Gasteiger charge is 2.17. The van der Waals surface area contributed by atoms with Crippen molar-refractivity contribution in [3.8, 4) is 11.6 Å². The highest BCUT2D eigenvalue weighted by molar-refractivity contribution is 7.99. The average Bonchev–Trinajstić information content (AvgIpc) is 3.35. The third kappa shape index (κ3) is 3.99. The van der Waals surface area contributed by atoms with Gasteiger partial charge in [0, 0.05) is 7.05 Å². The summed E-state index contributed by atoms with van der Waals surface area (Å²) < 4.78 is 7.21. The number of carbonyl (C=O) groups excluding carboxylic acids is 1. The molecule has 1 aliphatic carbocycles. The van der Waals surface area contributed by atoms with Gasteiger partial charge < -0.3 is 14.3 Å². The fraction of sp³-hybridized carbons (Fsp3) is 0.381. The summed E-state index contributed by atoms with van der Waals surface area (Å²) in [6.45, 7) is 2.03. The van der Waals surface area contributed by atoms with Gasteiger partial charge in [0.2, 0.25) is 5.91 Å². The number of benzene rings is 1. The summed E-state index contributed by atoms with van der Waals surface area (Å²) >= 11 is 1.37. The molecule has 0 fully saturated rings. The minimum atomic E-state index is -0.0160. The summed E-state index contributed by atoms with van der Waals surface area (Å²) in [5.41, 5.74) is 4.06. The average molecular weight is 397 g/mol. The highest BCUT2D eigenvalue weighted by atomic mass is 32.2. The van der Waals surface area contributed by atoms with E-state index >= 15 is 0 Å². The maximum Gasteiger partial charge on any atom is 0.230 e. The molecule has 2 heterocycles. The minimum Gasteiger partial charge on any atom is -0.461 e. The van der Waals surface area contributed by atoms with Gasteiger partial charge in [0.1, 0.15) is 0 Å². The van der Waals surface area contributed by atoms with Crippen molar-refractivity contribution in [2.24, 2.45) is 7.05 Å². The molecule has 4 rings (SSSR count). The molecule has 7 heteroatoms. The van der Waals surface area contributed by atoms with Crippen molar-refractivity contribution in [1.29, 1.82) is 0 Å². The zero-order chi connectivity index (χ0) is 19.5. The van der Waals surface area contributed by atoms with Gasteiger partial charge in [0.15, 0.2) is 16.7 Å². The highest BCUT2D eigenvalue weighted by Crippen LogP contribution is 2.25. The molecule has 1 amide bonds.